The number of morpholine rings is 1. The van der Waals surface area contributed by atoms with Crippen LogP contribution in [0.25, 0.3) is 11.3 Å². The van der Waals surface area contributed by atoms with Crippen molar-refractivity contribution in [3.05, 3.63) is 73.4 Å². The minimum absolute atomic E-state index is 0.143. The van der Waals surface area contributed by atoms with Gasteiger partial charge in [0.25, 0.3) is 0 Å². The summed E-state index contributed by atoms with van der Waals surface area (Å²) in [5.74, 6) is -0.343. The zero-order valence-electron chi connectivity index (χ0n) is 19.2. The van der Waals surface area contributed by atoms with Crippen LogP contribution in [-0.2, 0) is 14.3 Å². The van der Waals surface area contributed by atoms with Crippen LogP contribution in [0.3, 0.4) is 0 Å². The van der Waals surface area contributed by atoms with Gasteiger partial charge in [-0.3, -0.25) is 20.4 Å². The van der Waals surface area contributed by atoms with Crippen LogP contribution in [0.1, 0.15) is 0 Å². The molecule has 2 heterocycles. The Kier molecular flexibility index (Phi) is 7.87. The quantitative estimate of drug-likeness (QED) is 0.277. The molecule has 0 radical (unpaired) electrons. The topological polar surface area (TPSA) is 121 Å². The Morgan fingerprint density at radius 2 is 1.83 bits per heavy atom. The third kappa shape index (κ3) is 6.78. The lowest BCUT2D eigenvalue weighted by Gasteiger charge is -2.28. The molecule has 1 aliphatic rings. The summed E-state index contributed by atoms with van der Waals surface area (Å²) in [4.78, 5) is 34.4. The van der Waals surface area contributed by atoms with E-state index >= 15 is 0 Å². The standard InChI is InChI=1S/C25H27N7O3/c1-2-23(33)27-17-24(34)28-20-5-3-4-18(16-20)22-10-11-26-25(29-22)31-30-19-6-8-21(9-7-19)32-12-14-35-15-13-32/h2-11,16,30H,1,12-15,17H2,(H,27,33)(H,28,34)(H,26,29,31). The Labute approximate surface area is 203 Å². The van der Waals surface area contributed by atoms with E-state index < -0.39 is 5.91 Å². The summed E-state index contributed by atoms with van der Waals surface area (Å²) in [6, 6.07) is 17.2. The van der Waals surface area contributed by atoms with E-state index in [2.05, 4.69) is 55.1 Å². The zero-order chi connectivity index (χ0) is 24.5. The first-order valence-electron chi connectivity index (χ1n) is 11.2. The van der Waals surface area contributed by atoms with Crippen LogP contribution in [0, 0.1) is 0 Å². The highest BCUT2D eigenvalue weighted by Gasteiger charge is 2.11. The van der Waals surface area contributed by atoms with Crippen LogP contribution in [0.5, 0.6) is 0 Å². The number of amides is 2. The maximum atomic E-state index is 12.1. The minimum atomic E-state index is -0.406. The van der Waals surface area contributed by atoms with E-state index in [0.717, 1.165) is 49.3 Å². The highest BCUT2D eigenvalue weighted by atomic mass is 16.5. The third-order valence-electron chi connectivity index (χ3n) is 5.27. The van der Waals surface area contributed by atoms with Gasteiger partial charge in [-0.15, -0.1) is 0 Å². The fourth-order valence-electron chi connectivity index (χ4n) is 3.49. The van der Waals surface area contributed by atoms with Crippen LogP contribution >= 0.6 is 0 Å². The number of benzene rings is 2. The zero-order valence-corrected chi connectivity index (χ0v) is 19.2. The number of anilines is 4. The molecule has 0 aliphatic carbocycles. The number of carbonyl (C=O) groups is 2. The van der Waals surface area contributed by atoms with Gasteiger partial charge >= 0.3 is 0 Å². The summed E-state index contributed by atoms with van der Waals surface area (Å²) in [7, 11) is 0. The van der Waals surface area contributed by atoms with Gasteiger partial charge in [0, 0.05) is 36.2 Å². The van der Waals surface area contributed by atoms with E-state index in [1.54, 1.807) is 24.4 Å². The first-order chi connectivity index (χ1) is 17.1. The molecule has 3 aromatic rings. The van der Waals surface area contributed by atoms with Crippen LogP contribution in [0.15, 0.2) is 73.4 Å². The van der Waals surface area contributed by atoms with Crippen molar-refractivity contribution in [2.24, 2.45) is 0 Å². The molecule has 1 aromatic heterocycles. The molecular formula is C25H27N7O3. The molecule has 1 saturated heterocycles. The molecule has 1 aliphatic heterocycles. The second kappa shape index (κ2) is 11.6. The largest absolute Gasteiger partial charge is 0.378 e. The Morgan fingerprint density at radius 3 is 2.60 bits per heavy atom. The summed E-state index contributed by atoms with van der Waals surface area (Å²) in [6.07, 6.45) is 2.77. The van der Waals surface area contributed by atoms with Crippen molar-refractivity contribution in [3.8, 4) is 11.3 Å². The Morgan fingerprint density at radius 1 is 1.03 bits per heavy atom. The van der Waals surface area contributed by atoms with Crippen molar-refractivity contribution in [1.29, 1.82) is 0 Å². The van der Waals surface area contributed by atoms with Crippen molar-refractivity contribution in [3.63, 3.8) is 0 Å². The molecule has 4 rings (SSSR count). The molecular weight excluding hydrogens is 446 g/mol. The van der Waals surface area contributed by atoms with Crippen LogP contribution in [0.2, 0.25) is 0 Å². The first-order valence-corrected chi connectivity index (χ1v) is 11.2. The predicted molar refractivity (Wildman–Crippen MR) is 136 cm³/mol. The lowest BCUT2D eigenvalue weighted by Crippen LogP contribution is -2.36. The van der Waals surface area contributed by atoms with Crippen molar-refractivity contribution in [2.75, 3.05) is 53.9 Å². The summed E-state index contributed by atoms with van der Waals surface area (Å²) < 4.78 is 5.41. The van der Waals surface area contributed by atoms with Gasteiger partial charge in [0.2, 0.25) is 17.8 Å². The number of nitrogens with zero attached hydrogens (tertiary/aromatic N) is 3. The molecule has 10 nitrogen and oxygen atoms in total. The third-order valence-corrected chi connectivity index (χ3v) is 5.27. The number of rotatable bonds is 9. The lowest BCUT2D eigenvalue weighted by atomic mass is 10.1. The maximum absolute atomic E-state index is 12.1. The lowest BCUT2D eigenvalue weighted by molar-refractivity contribution is -0.121. The Hall–Kier alpha value is -4.44. The fraction of sp³-hybridized carbons (Fsp3) is 0.200. The molecule has 1 fully saturated rings. The highest BCUT2D eigenvalue weighted by Crippen LogP contribution is 2.22. The molecule has 180 valence electrons. The van der Waals surface area contributed by atoms with E-state index in [1.807, 2.05) is 24.3 Å². The number of hydrogen-bond acceptors (Lipinski definition) is 8. The van der Waals surface area contributed by atoms with Crippen LogP contribution in [-0.4, -0.2) is 54.6 Å². The molecule has 2 amide bonds. The minimum Gasteiger partial charge on any atom is -0.378 e. The Balaban J connectivity index is 1.35. The molecule has 0 spiro atoms. The normalized spacial score (nSPS) is 13.0. The molecule has 4 N–H and O–H groups in total. The molecule has 0 atom stereocenters. The van der Waals surface area contributed by atoms with Gasteiger partial charge in [0.15, 0.2) is 0 Å². The number of hydrogen-bond donors (Lipinski definition) is 4. The molecule has 10 heteroatoms. The predicted octanol–water partition coefficient (Wildman–Crippen LogP) is 2.66. The van der Waals surface area contributed by atoms with E-state index in [-0.39, 0.29) is 12.5 Å². The van der Waals surface area contributed by atoms with Gasteiger partial charge in [0.1, 0.15) is 0 Å². The van der Waals surface area contributed by atoms with Crippen molar-refractivity contribution < 1.29 is 14.3 Å². The molecule has 35 heavy (non-hydrogen) atoms. The number of nitrogens with one attached hydrogen (secondary N) is 4. The summed E-state index contributed by atoms with van der Waals surface area (Å²) in [6.45, 7) is 6.49. The number of ether oxygens (including phenoxy) is 1. The van der Waals surface area contributed by atoms with Crippen LogP contribution < -0.4 is 26.4 Å². The maximum Gasteiger partial charge on any atom is 0.243 e. The van der Waals surface area contributed by atoms with E-state index in [1.165, 1.54) is 0 Å². The number of carbonyl (C=O) groups excluding carboxylic acids is 2. The van der Waals surface area contributed by atoms with Crippen molar-refractivity contribution in [1.82, 2.24) is 15.3 Å². The smallest absolute Gasteiger partial charge is 0.243 e. The molecule has 0 unspecified atom stereocenters. The van der Waals surface area contributed by atoms with Crippen molar-refractivity contribution >= 4 is 34.8 Å². The second-order valence-corrected chi connectivity index (χ2v) is 7.71. The second-order valence-electron chi connectivity index (χ2n) is 7.71. The summed E-state index contributed by atoms with van der Waals surface area (Å²) in [5.41, 5.74) is 10.3. The van der Waals surface area contributed by atoms with Gasteiger partial charge < -0.3 is 20.3 Å². The van der Waals surface area contributed by atoms with Gasteiger partial charge in [-0.05, 0) is 48.5 Å². The van der Waals surface area contributed by atoms with E-state index in [9.17, 15) is 9.59 Å². The molecule has 2 aromatic carbocycles. The van der Waals surface area contributed by atoms with Crippen LogP contribution in [0.4, 0.5) is 23.0 Å². The number of aromatic nitrogens is 2. The van der Waals surface area contributed by atoms with Gasteiger partial charge in [0.05, 0.1) is 31.1 Å². The molecule has 0 saturated carbocycles. The number of hydrazine groups is 1. The van der Waals surface area contributed by atoms with Crippen molar-refractivity contribution in [2.45, 2.75) is 0 Å². The molecule has 0 bridgehead atoms. The SMILES string of the molecule is C=CC(=O)NCC(=O)Nc1cccc(-c2ccnc(NNc3ccc(N4CCOCC4)cc3)n2)c1. The van der Waals surface area contributed by atoms with Gasteiger partial charge in [-0.25, -0.2) is 9.97 Å². The van der Waals surface area contributed by atoms with E-state index in [4.69, 9.17) is 4.74 Å². The van der Waals surface area contributed by atoms with Gasteiger partial charge in [-0.1, -0.05) is 18.7 Å². The summed E-state index contributed by atoms with van der Waals surface area (Å²) in [5, 5.41) is 5.19. The van der Waals surface area contributed by atoms with Gasteiger partial charge in [-0.2, -0.15) is 0 Å². The Bertz CT molecular complexity index is 1180. The fourth-order valence-corrected chi connectivity index (χ4v) is 3.49. The first kappa shape index (κ1) is 23.7. The summed E-state index contributed by atoms with van der Waals surface area (Å²) >= 11 is 0. The average molecular weight is 474 g/mol. The van der Waals surface area contributed by atoms with E-state index in [0.29, 0.717) is 17.3 Å². The monoisotopic (exact) mass is 473 g/mol. The highest BCUT2D eigenvalue weighted by molar-refractivity contribution is 5.96. The average Bonchev–Trinajstić information content (AvgIpc) is 2.91.